The third-order valence-corrected chi connectivity index (χ3v) is 5.99. The van der Waals surface area contributed by atoms with E-state index in [-0.39, 0.29) is 17.0 Å². The molecule has 0 radical (unpaired) electrons. The van der Waals surface area contributed by atoms with Crippen molar-refractivity contribution >= 4 is 73.5 Å². The molecule has 4 amide bonds. The Balaban J connectivity index is 1.70. The van der Waals surface area contributed by atoms with E-state index in [1.807, 2.05) is 35.6 Å². The number of carbonyl (C=O) groups is 4. The Morgan fingerprint density at radius 1 is 0.972 bits per heavy atom. The Morgan fingerprint density at radius 3 is 2.39 bits per heavy atom. The van der Waals surface area contributed by atoms with Gasteiger partial charge < -0.3 is 4.74 Å². The number of halogens is 3. The number of carbonyl (C=O) groups excluding carboxylic acids is 4. The molecule has 0 aromatic heterocycles. The van der Waals surface area contributed by atoms with Gasteiger partial charge in [0.15, 0.2) is 5.75 Å². The van der Waals surface area contributed by atoms with Gasteiger partial charge in [-0.15, -0.1) is 0 Å². The Hall–Kier alpha value is -3.89. The zero-order chi connectivity index (χ0) is 25.8. The van der Waals surface area contributed by atoms with Crippen LogP contribution in [0.4, 0.5) is 14.9 Å². The van der Waals surface area contributed by atoms with Gasteiger partial charge in [0.05, 0.1) is 10.2 Å². The number of barbiturate groups is 1. The van der Waals surface area contributed by atoms with Crippen molar-refractivity contribution in [3.8, 4) is 5.75 Å². The Labute approximate surface area is 221 Å². The normalized spacial score (nSPS) is 14.9. The maximum Gasteiger partial charge on any atom is 0.336 e. The first kappa shape index (κ1) is 25.2. The Bertz CT molecular complexity index is 1450. The largest absolute Gasteiger partial charge is 0.422 e. The van der Waals surface area contributed by atoms with Gasteiger partial charge in [0.1, 0.15) is 11.4 Å². The summed E-state index contributed by atoms with van der Waals surface area (Å²) in [6.07, 6.45) is 3.97. The number of nitrogens with one attached hydrogen (secondary N) is 1. The highest BCUT2D eigenvalue weighted by atomic mass is 79.9. The second-order valence-corrected chi connectivity index (χ2v) is 9.15. The Morgan fingerprint density at radius 2 is 1.67 bits per heavy atom. The SMILES string of the molecule is O=C(/C=C/c1ccccc1)Oc1c(Br)cc(Br)cc1/C=C1/C(=O)NC(=O)N(c2ccccc2F)C1=O. The molecule has 1 fully saturated rings. The number of imide groups is 2. The topological polar surface area (TPSA) is 92.8 Å². The highest BCUT2D eigenvalue weighted by Crippen LogP contribution is 2.35. The van der Waals surface area contributed by atoms with Crippen molar-refractivity contribution in [2.24, 2.45) is 0 Å². The minimum absolute atomic E-state index is 0.0309. The van der Waals surface area contributed by atoms with E-state index in [4.69, 9.17) is 4.74 Å². The molecule has 1 saturated heterocycles. The molecule has 0 unspecified atom stereocenters. The van der Waals surface area contributed by atoms with Crippen LogP contribution in [-0.4, -0.2) is 23.8 Å². The predicted molar refractivity (Wildman–Crippen MR) is 138 cm³/mol. The summed E-state index contributed by atoms with van der Waals surface area (Å²) < 4.78 is 20.7. The van der Waals surface area contributed by atoms with Crippen LogP contribution in [0.15, 0.2) is 87.3 Å². The molecule has 3 aromatic rings. The molecule has 4 rings (SSSR count). The summed E-state index contributed by atoms with van der Waals surface area (Å²) in [6.45, 7) is 0. The van der Waals surface area contributed by atoms with E-state index in [0.717, 1.165) is 17.7 Å². The smallest absolute Gasteiger partial charge is 0.336 e. The molecule has 7 nitrogen and oxygen atoms in total. The molecule has 1 aliphatic rings. The second-order valence-electron chi connectivity index (χ2n) is 7.38. The lowest BCUT2D eigenvalue weighted by Gasteiger charge is -2.26. The van der Waals surface area contributed by atoms with Crippen LogP contribution in [0.25, 0.3) is 12.2 Å². The number of anilines is 1. The number of hydrogen-bond acceptors (Lipinski definition) is 5. The maximum absolute atomic E-state index is 14.3. The minimum Gasteiger partial charge on any atom is -0.422 e. The van der Waals surface area contributed by atoms with Crippen LogP contribution < -0.4 is 15.0 Å². The first-order valence-corrected chi connectivity index (χ1v) is 11.9. The van der Waals surface area contributed by atoms with Crippen LogP contribution in [0.3, 0.4) is 0 Å². The van der Waals surface area contributed by atoms with E-state index in [2.05, 4.69) is 31.9 Å². The van der Waals surface area contributed by atoms with Crippen LogP contribution in [-0.2, 0) is 14.4 Å². The van der Waals surface area contributed by atoms with Crippen molar-refractivity contribution in [3.63, 3.8) is 0 Å². The maximum atomic E-state index is 14.3. The average molecular weight is 614 g/mol. The van der Waals surface area contributed by atoms with E-state index < -0.39 is 35.2 Å². The molecule has 0 spiro atoms. The van der Waals surface area contributed by atoms with Crippen LogP contribution in [0.1, 0.15) is 11.1 Å². The molecule has 1 aliphatic heterocycles. The van der Waals surface area contributed by atoms with Gasteiger partial charge in [-0.25, -0.2) is 18.9 Å². The summed E-state index contributed by atoms with van der Waals surface area (Å²) in [5.41, 5.74) is 0.194. The van der Waals surface area contributed by atoms with Gasteiger partial charge in [0.25, 0.3) is 11.8 Å². The summed E-state index contributed by atoms with van der Waals surface area (Å²) in [5.74, 6) is -3.51. The second kappa shape index (κ2) is 10.8. The average Bonchev–Trinajstić information content (AvgIpc) is 2.84. The predicted octanol–water partition coefficient (Wildman–Crippen LogP) is 5.64. The molecule has 0 aliphatic carbocycles. The molecule has 0 bridgehead atoms. The van der Waals surface area contributed by atoms with Gasteiger partial charge in [-0.05, 0) is 57.9 Å². The van der Waals surface area contributed by atoms with Gasteiger partial charge in [-0.1, -0.05) is 58.4 Å². The molecule has 0 saturated carbocycles. The number of nitrogens with zero attached hydrogens (tertiary/aromatic N) is 1. The third kappa shape index (κ3) is 5.50. The molecule has 3 aromatic carbocycles. The van der Waals surface area contributed by atoms with Crippen molar-refractivity contribution in [2.75, 3.05) is 4.90 Å². The van der Waals surface area contributed by atoms with Gasteiger partial charge in [0.2, 0.25) is 0 Å². The lowest BCUT2D eigenvalue weighted by molar-refractivity contribution is -0.129. The molecule has 1 N–H and O–H groups in total. The summed E-state index contributed by atoms with van der Waals surface area (Å²) in [5, 5.41) is 2.03. The van der Waals surface area contributed by atoms with Crippen molar-refractivity contribution in [3.05, 3.63) is 104 Å². The highest BCUT2D eigenvalue weighted by Gasteiger charge is 2.38. The van der Waals surface area contributed by atoms with E-state index in [1.54, 1.807) is 12.1 Å². The zero-order valence-electron chi connectivity index (χ0n) is 18.2. The first-order valence-electron chi connectivity index (χ1n) is 10.3. The van der Waals surface area contributed by atoms with E-state index in [0.29, 0.717) is 13.8 Å². The van der Waals surface area contributed by atoms with Gasteiger partial charge in [-0.3, -0.25) is 14.9 Å². The summed E-state index contributed by atoms with van der Waals surface area (Å²) in [7, 11) is 0. The zero-order valence-corrected chi connectivity index (χ0v) is 21.4. The Kier molecular flexibility index (Phi) is 7.56. The van der Waals surface area contributed by atoms with Gasteiger partial charge >= 0.3 is 12.0 Å². The van der Waals surface area contributed by atoms with Crippen LogP contribution in [0, 0.1) is 5.82 Å². The minimum atomic E-state index is -1.08. The number of amides is 4. The third-order valence-electron chi connectivity index (χ3n) is 4.95. The van der Waals surface area contributed by atoms with Crippen molar-refractivity contribution in [1.82, 2.24) is 5.32 Å². The summed E-state index contributed by atoms with van der Waals surface area (Å²) in [4.78, 5) is 51.1. The molecule has 1 heterocycles. The van der Waals surface area contributed by atoms with Gasteiger partial charge in [-0.2, -0.15) is 0 Å². The van der Waals surface area contributed by atoms with E-state index in [1.165, 1.54) is 30.3 Å². The van der Waals surface area contributed by atoms with Crippen molar-refractivity contribution < 1.29 is 28.3 Å². The van der Waals surface area contributed by atoms with Crippen LogP contribution in [0.2, 0.25) is 0 Å². The van der Waals surface area contributed by atoms with Crippen LogP contribution in [0.5, 0.6) is 5.75 Å². The van der Waals surface area contributed by atoms with Crippen molar-refractivity contribution in [2.45, 2.75) is 0 Å². The summed E-state index contributed by atoms with van der Waals surface area (Å²) >= 11 is 6.65. The fourth-order valence-corrected chi connectivity index (χ4v) is 4.66. The quantitative estimate of drug-likeness (QED) is 0.174. The number of ether oxygens (including phenoxy) is 1. The number of para-hydroxylation sites is 1. The molecular formula is C26H15Br2FN2O5. The molecule has 10 heteroatoms. The fraction of sp³-hybridized carbons (Fsp3) is 0. The van der Waals surface area contributed by atoms with E-state index >= 15 is 0 Å². The first-order chi connectivity index (χ1) is 17.2. The molecule has 36 heavy (non-hydrogen) atoms. The number of hydrogen-bond donors (Lipinski definition) is 1. The molecule has 180 valence electrons. The monoisotopic (exact) mass is 612 g/mol. The van der Waals surface area contributed by atoms with E-state index in [9.17, 15) is 23.6 Å². The molecule has 0 atom stereocenters. The summed E-state index contributed by atoms with van der Waals surface area (Å²) in [6, 6.07) is 16.3. The molecular weight excluding hydrogens is 599 g/mol. The lowest BCUT2D eigenvalue weighted by Crippen LogP contribution is -2.54. The van der Waals surface area contributed by atoms with Gasteiger partial charge in [0, 0.05) is 16.1 Å². The number of rotatable bonds is 5. The highest BCUT2D eigenvalue weighted by molar-refractivity contribution is 9.11. The number of esters is 1. The van der Waals surface area contributed by atoms with Crippen molar-refractivity contribution in [1.29, 1.82) is 0 Å². The standard InChI is InChI=1S/C26H15Br2FN2O5/c27-17-12-16(23(19(28)14-17)36-22(32)11-10-15-6-2-1-3-7-15)13-18-24(33)30-26(35)31(25(18)34)21-9-5-4-8-20(21)29/h1-14H,(H,30,33,35)/b11-10+,18-13-. The number of benzene rings is 3. The lowest BCUT2D eigenvalue weighted by atomic mass is 10.1. The fourth-order valence-electron chi connectivity index (χ4n) is 3.32. The van der Waals surface area contributed by atoms with Crippen LogP contribution >= 0.6 is 31.9 Å². The number of urea groups is 1.